The van der Waals surface area contributed by atoms with Gasteiger partial charge in [0.15, 0.2) is 0 Å². The molecular formula is H3FeLiO3Si. The summed E-state index contributed by atoms with van der Waals surface area (Å²) in [5.41, 5.74) is 0. The van der Waals surface area contributed by atoms with Gasteiger partial charge in [-0.3, -0.25) is 4.46 Å². The van der Waals surface area contributed by atoms with Crippen LogP contribution in [-0.4, -0.2) is 18.8 Å². The molecule has 0 heterocycles. The van der Waals surface area contributed by atoms with Crippen LogP contribution in [0.25, 0.3) is 0 Å². The van der Waals surface area contributed by atoms with Gasteiger partial charge in [-0.25, -0.2) is 0 Å². The van der Waals surface area contributed by atoms with E-state index in [1.807, 2.05) is 0 Å². The SMILES string of the molecule is O=[Si](O)O.[Fe].[H-].[Li+]. The summed E-state index contributed by atoms with van der Waals surface area (Å²) in [5, 5.41) is 0. The van der Waals surface area contributed by atoms with E-state index in [0.717, 1.165) is 0 Å². The molecule has 0 radical (unpaired) electrons. The molecule has 0 aromatic rings. The third kappa shape index (κ3) is 123. The third-order valence-corrected chi connectivity index (χ3v) is 0. The number of hydrogen-bond donors (Lipinski definition) is 2. The first-order chi connectivity index (χ1) is 1.73. The van der Waals surface area contributed by atoms with Crippen LogP contribution in [0.5, 0.6) is 0 Å². The largest absolute Gasteiger partial charge is 1.00 e. The van der Waals surface area contributed by atoms with Gasteiger partial charge in [0.25, 0.3) is 0 Å². The topological polar surface area (TPSA) is 57.5 Å². The molecule has 0 aliphatic heterocycles. The Labute approximate surface area is 60.8 Å². The van der Waals surface area contributed by atoms with E-state index in [-0.39, 0.29) is 37.4 Å². The van der Waals surface area contributed by atoms with E-state index in [4.69, 9.17) is 14.1 Å². The molecule has 6 heteroatoms. The van der Waals surface area contributed by atoms with Gasteiger partial charge in [0.05, 0.1) is 0 Å². The van der Waals surface area contributed by atoms with Crippen molar-refractivity contribution in [2.45, 2.75) is 0 Å². The van der Waals surface area contributed by atoms with Crippen molar-refractivity contribution in [3.05, 3.63) is 0 Å². The van der Waals surface area contributed by atoms with E-state index >= 15 is 0 Å². The van der Waals surface area contributed by atoms with Crippen LogP contribution in [0.4, 0.5) is 0 Å². The second-order valence-electron chi connectivity index (χ2n) is 0.283. The predicted molar refractivity (Wildman–Crippen MR) is 12.0 cm³/mol. The summed E-state index contributed by atoms with van der Waals surface area (Å²) < 4.78 is 8.74. The van der Waals surface area contributed by atoms with Crippen LogP contribution in [-0.2, 0) is 21.5 Å². The molecule has 6 heavy (non-hydrogen) atoms. The summed E-state index contributed by atoms with van der Waals surface area (Å²) in [6, 6.07) is 0. The van der Waals surface area contributed by atoms with Gasteiger partial charge in [-0.05, 0) is 0 Å². The van der Waals surface area contributed by atoms with Crippen molar-refractivity contribution in [3.63, 3.8) is 0 Å². The first-order valence-corrected chi connectivity index (χ1v) is 1.95. The second kappa shape index (κ2) is 9.22. The molecule has 0 aliphatic carbocycles. The molecule has 0 aromatic carbocycles. The van der Waals surface area contributed by atoms with Crippen molar-refractivity contribution < 1.29 is 51.4 Å². The van der Waals surface area contributed by atoms with Crippen molar-refractivity contribution in [1.29, 1.82) is 0 Å². The Morgan fingerprint density at radius 2 is 1.50 bits per heavy atom. The number of hydrogen-bond acceptors (Lipinski definition) is 1. The maximum absolute atomic E-state index is 8.74. The molecule has 0 spiro atoms. The van der Waals surface area contributed by atoms with Crippen molar-refractivity contribution >= 4 is 9.17 Å². The Morgan fingerprint density at radius 3 is 1.50 bits per heavy atom. The second-order valence-corrected chi connectivity index (χ2v) is 0.848. The molecule has 34 valence electrons. The van der Waals surface area contributed by atoms with Crippen LogP contribution in [0, 0.1) is 0 Å². The van der Waals surface area contributed by atoms with Gasteiger partial charge in [-0.15, -0.1) is 0 Å². The quantitative estimate of drug-likeness (QED) is 0.335. The molecule has 0 atom stereocenters. The fourth-order valence-electron chi connectivity index (χ4n) is 0. The van der Waals surface area contributed by atoms with Crippen LogP contribution in [0.2, 0.25) is 0 Å². The van der Waals surface area contributed by atoms with Gasteiger partial charge in [0, 0.05) is 17.1 Å². The van der Waals surface area contributed by atoms with E-state index < -0.39 is 9.17 Å². The van der Waals surface area contributed by atoms with Gasteiger partial charge in [-0.2, -0.15) is 0 Å². The fraction of sp³-hybridized carbons (Fsp3) is 0. The first kappa shape index (κ1) is 15.9. The predicted octanol–water partition coefficient (Wildman–Crippen LogP) is -4.50. The van der Waals surface area contributed by atoms with Crippen LogP contribution < -0.4 is 18.9 Å². The molecule has 0 bridgehead atoms. The summed E-state index contributed by atoms with van der Waals surface area (Å²) in [6.45, 7) is 0. The number of rotatable bonds is 0. The van der Waals surface area contributed by atoms with Crippen molar-refractivity contribution in [1.82, 2.24) is 0 Å². The summed E-state index contributed by atoms with van der Waals surface area (Å²) in [6.07, 6.45) is 0. The molecule has 0 amide bonds. The molecule has 3 nitrogen and oxygen atoms in total. The van der Waals surface area contributed by atoms with Crippen molar-refractivity contribution in [2.75, 3.05) is 0 Å². The van der Waals surface area contributed by atoms with E-state index in [9.17, 15) is 0 Å². The molecule has 0 fully saturated rings. The summed E-state index contributed by atoms with van der Waals surface area (Å²) in [5.74, 6) is 0. The average Bonchev–Trinajstić information content (AvgIpc) is 0.811. The normalized spacial score (nSPS) is 4.00. The maximum atomic E-state index is 8.74. The fourth-order valence-corrected chi connectivity index (χ4v) is 0. The molecule has 0 saturated heterocycles. The monoisotopic (exact) mass is 142 g/mol. The van der Waals surface area contributed by atoms with E-state index in [1.54, 1.807) is 0 Å². The molecule has 0 unspecified atom stereocenters. The Bertz CT molecular complexity index is 37.9. The molecule has 0 rings (SSSR count). The van der Waals surface area contributed by atoms with Crippen molar-refractivity contribution in [2.24, 2.45) is 0 Å². The molecule has 0 aliphatic rings. The minimum absolute atomic E-state index is 0. The Hall–Kier alpha value is 0.734. The van der Waals surface area contributed by atoms with Crippen LogP contribution >= 0.6 is 0 Å². The molecule has 2 N–H and O–H groups in total. The first-order valence-electron chi connectivity index (χ1n) is 0.651. The Balaban J connectivity index is -0.0000000150. The zero-order valence-electron chi connectivity index (χ0n) is 4.16. The molecular weight excluding hydrogens is 139 g/mol. The van der Waals surface area contributed by atoms with Crippen LogP contribution in [0.15, 0.2) is 0 Å². The zero-order valence-corrected chi connectivity index (χ0v) is 5.26. The van der Waals surface area contributed by atoms with E-state index in [2.05, 4.69) is 0 Å². The standard InChI is InChI=1S/Fe.Li.H2O3Si.H/c;;1-4(2)3;/h;;1-2H;/q;+1;;-1. The van der Waals surface area contributed by atoms with Gasteiger partial charge >= 0.3 is 28.0 Å². The summed E-state index contributed by atoms with van der Waals surface area (Å²) >= 11 is 0. The van der Waals surface area contributed by atoms with E-state index in [1.165, 1.54) is 0 Å². The van der Waals surface area contributed by atoms with Gasteiger partial charge in [-0.1, -0.05) is 0 Å². The van der Waals surface area contributed by atoms with Gasteiger partial charge < -0.3 is 11.0 Å². The molecule has 0 aromatic heterocycles. The smallest absolute Gasteiger partial charge is 1.00 e. The van der Waals surface area contributed by atoms with E-state index in [0.29, 0.717) is 0 Å². The molecule has 0 saturated carbocycles. The summed E-state index contributed by atoms with van der Waals surface area (Å²) in [4.78, 5) is 14.3. The van der Waals surface area contributed by atoms with Crippen LogP contribution in [0.1, 0.15) is 1.43 Å². The summed E-state index contributed by atoms with van der Waals surface area (Å²) in [7, 11) is -3.13. The van der Waals surface area contributed by atoms with Gasteiger partial charge in [0.2, 0.25) is 0 Å². The minimum Gasteiger partial charge on any atom is -1.00 e. The van der Waals surface area contributed by atoms with Gasteiger partial charge in [0.1, 0.15) is 0 Å². The minimum atomic E-state index is -3.13. The Kier molecular flexibility index (Phi) is 24.4. The Morgan fingerprint density at radius 1 is 1.50 bits per heavy atom. The van der Waals surface area contributed by atoms with Crippen molar-refractivity contribution in [3.8, 4) is 0 Å². The third-order valence-electron chi connectivity index (χ3n) is 0. The van der Waals surface area contributed by atoms with Crippen LogP contribution in [0.3, 0.4) is 0 Å². The zero-order chi connectivity index (χ0) is 3.58. The maximum Gasteiger partial charge on any atom is 1.00 e. The average molecular weight is 142 g/mol.